The molecule has 0 N–H and O–H groups in total. The van der Waals surface area contributed by atoms with Crippen molar-refractivity contribution in [1.82, 2.24) is 4.90 Å². The molecule has 1 heterocycles. The molecule has 2 rings (SSSR count). The Morgan fingerprint density at radius 3 is 2.71 bits per heavy atom. The van der Waals surface area contributed by atoms with Crippen LogP contribution in [0.25, 0.3) is 0 Å². The lowest BCUT2D eigenvalue weighted by Gasteiger charge is -2.33. The number of benzene rings is 1. The molecule has 0 saturated carbocycles. The Morgan fingerprint density at radius 2 is 2.10 bits per heavy atom. The second kappa shape index (κ2) is 6.06. The fourth-order valence-electron chi connectivity index (χ4n) is 2.34. The van der Waals surface area contributed by atoms with Crippen LogP contribution in [0.3, 0.4) is 0 Å². The molecule has 21 heavy (non-hydrogen) atoms. The number of likely N-dealkylation sites (tertiary alicyclic amines) is 1. The molecule has 0 spiro atoms. The van der Waals surface area contributed by atoms with E-state index in [-0.39, 0.29) is 17.8 Å². The maximum atomic E-state index is 12.1. The number of carbonyl (C=O) groups is 2. The predicted molar refractivity (Wildman–Crippen MR) is 81.6 cm³/mol. The van der Waals surface area contributed by atoms with Gasteiger partial charge >= 0.3 is 6.09 Å². The third-order valence-electron chi connectivity index (χ3n) is 3.32. The highest BCUT2D eigenvalue weighted by Gasteiger charge is 2.33. The topological polar surface area (TPSA) is 46.6 Å². The fraction of sp³-hybridized carbons (Fsp3) is 0.500. The molecular formula is C16H20ClNO3. The largest absolute Gasteiger partial charge is 0.444 e. The van der Waals surface area contributed by atoms with Crippen molar-refractivity contribution in [1.29, 1.82) is 0 Å². The van der Waals surface area contributed by atoms with E-state index in [1.807, 2.05) is 32.9 Å². The Labute approximate surface area is 130 Å². The molecule has 1 amide bonds. The summed E-state index contributed by atoms with van der Waals surface area (Å²) in [5.74, 6) is -0.193. The minimum absolute atomic E-state index is 0.136. The number of halogens is 1. The van der Waals surface area contributed by atoms with Crippen LogP contribution in [0.15, 0.2) is 24.3 Å². The molecular weight excluding hydrogens is 290 g/mol. The number of ether oxygens (including phenoxy) is 1. The molecule has 4 nitrogen and oxygen atoms in total. The van der Waals surface area contributed by atoms with E-state index in [2.05, 4.69) is 0 Å². The maximum Gasteiger partial charge on any atom is 0.410 e. The monoisotopic (exact) mass is 309 g/mol. The fourth-order valence-corrected chi connectivity index (χ4v) is 2.54. The van der Waals surface area contributed by atoms with Gasteiger partial charge in [0, 0.05) is 24.5 Å². The Morgan fingerprint density at radius 1 is 1.38 bits per heavy atom. The van der Waals surface area contributed by atoms with Crippen LogP contribution < -0.4 is 0 Å². The zero-order chi connectivity index (χ0) is 15.6. The van der Waals surface area contributed by atoms with E-state index in [1.54, 1.807) is 17.0 Å². The summed E-state index contributed by atoms with van der Waals surface area (Å²) in [6.45, 7) is 6.23. The molecule has 0 radical (unpaired) electrons. The van der Waals surface area contributed by atoms with Crippen molar-refractivity contribution >= 4 is 23.5 Å². The van der Waals surface area contributed by atoms with Gasteiger partial charge in [0.1, 0.15) is 11.4 Å². The van der Waals surface area contributed by atoms with Gasteiger partial charge in [0.2, 0.25) is 0 Å². The molecule has 1 aliphatic rings. The normalized spacial score (nSPS) is 19.5. The number of piperidine rings is 1. The zero-order valence-electron chi connectivity index (χ0n) is 12.6. The highest BCUT2D eigenvalue weighted by Crippen LogP contribution is 2.27. The van der Waals surface area contributed by atoms with Crippen molar-refractivity contribution in [2.45, 2.75) is 38.7 Å². The van der Waals surface area contributed by atoms with Crippen molar-refractivity contribution in [3.8, 4) is 0 Å². The van der Waals surface area contributed by atoms with Gasteiger partial charge < -0.3 is 9.64 Å². The van der Waals surface area contributed by atoms with E-state index in [9.17, 15) is 9.59 Å². The number of nitrogens with zero attached hydrogens (tertiary/aromatic N) is 1. The van der Waals surface area contributed by atoms with E-state index in [4.69, 9.17) is 16.3 Å². The maximum absolute atomic E-state index is 12.1. The first-order chi connectivity index (χ1) is 9.76. The van der Waals surface area contributed by atoms with Crippen LogP contribution in [0.1, 0.15) is 38.7 Å². The molecule has 1 saturated heterocycles. The highest BCUT2D eigenvalue weighted by atomic mass is 35.5. The molecule has 1 fully saturated rings. The molecule has 1 aromatic rings. The first-order valence-corrected chi connectivity index (χ1v) is 7.40. The Hall–Kier alpha value is -1.55. The molecule has 1 unspecified atom stereocenters. The summed E-state index contributed by atoms with van der Waals surface area (Å²) in [5.41, 5.74) is 0.310. The van der Waals surface area contributed by atoms with Crippen molar-refractivity contribution < 1.29 is 14.3 Å². The van der Waals surface area contributed by atoms with Crippen molar-refractivity contribution in [2.24, 2.45) is 0 Å². The number of carbonyl (C=O) groups excluding carboxylic acids is 2. The first-order valence-electron chi connectivity index (χ1n) is 7.02. The molecule has 1 atom stereocenters. The summed E-state index contributed by atoms with van der Waals surface area (Å²) in [4.78, 5) is 25.9. The predicted octanol–water partition coefficient (Wildman–Crippen LogP) is 3.63. The molecule has 0 aliphatic carbocycles. The lowest BCUT2D eigenvalue weighted by molar-refractivity contribution is -0.123. The summed E-state index contributed by atoms with van der Waals surface area (Å²) >= 11 is 5.98. The second-order valence-corrected chi connectivity index (χ2v) is 6.69. The van der Waals surface area contributed by atoms with Crippen molar-refractivity contribution in [2.75, 3.05) is 13.1 Å². The average Bonchev–Trinajstić information content (AvgIpc) is 2.37. The average molecular weight is 310 g/mol. The van der Waals surface area contributed by atoms with Gasteiger partial charge in [0.05, 0.1) is 5.92 Å². The number of ketones is 1. The minimum atomic E-state index is -0.538. The standard InChI is InChI=1S/C16H20ClNO3/c1-16(2,3)21-15(20)18-8-7-14(19)13(10-18)11-5-4-6-12(17)9-11/h4-6,9,13H,7-8,10H2,1-3H3. The number of hydrogen-bond donors (Lipinski definition) is 0. The van der Waals surface area contributed by atoms with Crippen LogP contribution in [-0.2, 0) is 9.53 Å². The summed E-state index contributed by atoms with van der Waals surface area (Å²) in [6.07, 6.45) is -0.0294. The number of Topliss-reactive ketones (excluding diaryl/α,β-unsaturated/α-hetero) is 1. The molecule has 1 aliphatic heterocycles. The van der Waals surface area contributed by atoms with Gasteiger partial charge in [-0.15, -0.1) is 0 Å². The lowest BCUT2D eigenvalue weighted by atomic mass is 9.89. The first kappa shape index (κ1) is 15.8. The molecule has 114 valence electrons. The number of amides is 1. The second-order valence-electron chi connectivity index (χ2n) is 6.25. The van der Waals surface area contributed by atoms with Crippen LogP contribution in [0.4, 0.5) is 4.79 Å². The number of hydrogen-bond acceptors (Lipinski definition) is 3. The van der Waals surface area contributed by atoms with Gasteiger partial charge in [-0.05, 0) is 38.5 Å². The minimum Gasteiger partial charge on any atom is -0.444 e. The smallest absolute Gasteiger partial charge is 0.410 e. The number of rotatable bonds is 1. The van der Waals surface area contributed by atoms with Crippen LogP contribution >= 0.6 is 11.6 Å². The van der Waals surface area contributed by atoms with Crippen LogP contribution in [0.5, 0.6) is 0 Å². The van der Waals surface area contributed by atoms with Crippen molar-refractivity contribution in [3.63, 3.8) is 0 Å². The quantitative estimate of drug-likeness (QED) is 0.795. The molecule has 1 aromatic carbocycles. The van der Waals surface area contributed by atoms with Gasteiger partial charge in [-0.3, -0.25) is 4.79 Å². The molecule has 0 bridgehead atoms. The van der Waals surface area contributed by atoms with Gasteiger partial charge in [-0.2, -0.15) is 0 Å². The van der Waals surface area contributed by atoms with Crippen molar-refractivity contribution in [3.05, 3.63) is 34.9 Å². The molecule has 0 aromatic heterocycles. The lowest BCUT2D eigenvalue weighted by Crippen LogP contribution is -2.45. The van der Waals surface area contributed by atoms with E-state index in [0.717, 1.165) is 5.56 Å². The van der Waals surface area contributed by atoms with E-state index >= 15 is 0 Å². The van der Waals surface area contributed by atoms with Gasteiger partial charge in [-0.1, -0.05) is 23.7 Å². The zero-order valence-corrected chi connectivity index (χ0v) is 13.3. The summed E-state index contributed by atoms with van der Waals surface area (Å²) in [5, 5.41) is 0.592. The van der Waals surface area contributed by atoms with Crippen LogP contribution in [0, 0.1) is 0 Å². The summed E-state index contributed by atoms with van der Waals surface area (Å²) in [7, 11) is 0. The summed E-state index contributed by atoms with van der Waals surface area (Å²) < 4.78 is 5.37. The Balaban J connectivity index is 2.13. The third-order valence-corrected chi connectivity index (χ3v) is 3.56. The third kappa shape index (κ3) is 4.21. The van der Waals surface area contributed by atoms with E-state index < -0.39 is 5.60 Å². The molecule has 5 heteroatoms. The Kier molecular flexibility index (Phi) is 4.57. The highest BCUT2D eigenvalue weighted by molar-refractivity contribution is 6.30. The van der Waals surface area contributed by atoms with Crippen LogP contribution in [0.2, 0.25) is 5.02 Å². The van der Waals surface area contributed by atoms with Crippen LogP contribution in [-0.4, -0.2) is 35.5 Å². The Bertz CT molecular complexity index is 551. The van der Waals surface area contributed by atoms with E-state index in [0.29, 0.717) is 24.5 Å². The van der Waals surface area contributed by atoms with Gasteiger partial charge in [0.15, 0.2) is 0 Å². The van der Waals surface area contributed by atoms with Gasteiger partial charge in [-0.25, -0.2) is 4.79 Å². The summed E-state index contributed by atoms with van der Waals surface area (Å²) in [6, 6.07) is 7.23. The van der Waals surface area contributed by atoms with E-state index in [1.165, 1.54) is 0 Å². The van der Waals surface area contributed by atoms with Gasteiger partial charge in [0.25, 0.3) is 0 Å². The SMILES string of the molecule is CC(C)(C)OC(=O)N1CCC(=O)C(c2cccc(Cl)c2)C1.